The first-order valence-electron chi connectivity index (χ1n) is 8.14. The van der Waals surface area contributed by atoms with Crippen molar-refractivity contribution in [2.24, 2.45) is 0 Å². The number of nitrogens with one attached hydrogen (secondary N) is 2. The highest BCUT2D eigenvalue weighted by molar-refractivity contribution is 7.89. The van der Waals surface area contributed by atoms with Gasteiger partial charge in [-0.25, -0.2) is 8.42 Å². The minimum atomic E-state index is -3.63. The van der Waals surface area contributed by atoms with E-state index in [2.05, 4.69) is 25.9 Å². The van der Waals surface area contributed by atoms with Crippen molar-refractivity contribution in [3.63, 3.8) is 0 Å². The molecule has 0 atom stereocenters. The molecule has 2 heterocycles. The van der Waals surface area contributed by atoms with Crippen LogP contribution in [-0.2, 0) is 10.0 Å². The molecule has 1 aromatic heterocycles. The maximum Gasteiger partial charge on any atom is 0.270 e. The maximum atomic E-state index is 13.0. The Morgan fingerprint density at radius 3 is 2.56 bits per heavy atom. The van der Waals surface area contributed by atoms with Gasteiger partial charge in [-0.3, -0.25) is 10.1 Å². The van der Waals surface area contributed by atoms with E-state index < -0.39 is 15.9 Å². The zero-order chi connectivity index (χ0) is 17.9. The molecule has 0 bridgehead atoms. The van der Waals surface area contributed by atoms with Crippen molar-refractivity contribution in [1.29, 1.82) is 0 Å². The first-order chi connectivity index (χ1) is 12.0. The lowest BCUT2D eigenvalue weighted by molar-refractivity contribution is 0.102. The molecule has 1 aromatic carbocycles. The second-order valence-corrected chi connectivity index (χ2v) is 7.89. The molecule has 2 N–H and O–H groups in total. The number of carbonyl (C=O) groups is 1. The summed E-state index contributed by atoms with van der Waals surface area (Å²) >= 11 is 0. The number of sulfonamides is 1. The van der Waals surface area contributed by atoms with Crippen LogP contribution in [-0.4, -0.2) is 52.3 Å². The van der Waals surface area contributed by atoms with Gasteiger partial charge in [0.1, 0.15) is 0 Å². The Kier molecular flexibility index (Phi) is 5.09. The summed E-state index contributed by atoms with van der Waals surface area (Å²) in [6.45, 7) is 2.76. The Morgan fingerprint density at radius 2 is 1.92 bits per heavy atom. The third kappa shape index (κ3) is 3.85. The fourth-order valence-corrected chi connectivity index (χ4v) is 4.60. The van der Waals surface area contributed by atoms with Crippen molar-refractivity contribution in [2.75, 3.05) is 18.4 Å². The number of carbonyl (C=O) groups excluding carboxylic acids is 1. The van der Waals surface area contributed by atoms with Crippen LogP contribution in [0.15, 0.2) is 23.1 Å². The minimum absolute atomic E-state index is 0.0301. The van der Waals surface area contributed by atoms with Gasteiger partial charge in [0.25, 0.3) is 11.9 Å². The molecule has 1 amide bonds. The molecule has 0 saturated carbocycles. The van der Waals surface area contributed by atoms with Crippen molar-refractivity contribution in [3.8, 4) is 0 Å². The van der Waals surface area contributed by atoms with E-state index in [0.717, 1.165) is 25.7 Å². The molecule has 1 fully saturated rings. The molecule has 10 heteroatoms. The molecule has 9 nitrogen and oxygen atoms in total. The van der Waals surface area contributed by atoms with E-state index in [1.807, 2.05) is 0 Å². The van der Waals surface area contributed by atoms with E-state index in [9.17, 15) is 13.2 Å². The van der Waals surface area contributed by atoms with Gasteiger partial charge in [0, 0.05) is 18.7 Å². The first-order valence-corrected chi connectivity index (χ1v) is 9.58. The molecule has 0 unspecified atom stereocenters. The van der Waals surface area contributed by atoms with Gasteiger partial charge >= 0.3 is 0 Å². The first kappa shape index (κ1) is 17.5. The van der Waals surface area contributed by atoms with Gasteiger partial charge in [0.05, 0.1) is 4.90 Å². The molecule has 1 aliphatic rings. The topological polar surface area (TPSA) is 121 Å². The average molecular weight is 364 g/mol. The van der Waals surface area contributed by atoms with Gasteiger partial charge in [0.2, 0.25) is 10.0 Å². The van der Waals surface area contributed by atoms with Gasteiger partial charge in [-0.1, -0.05) is 24.0 Å². The summed E-state index contributed by atoms with van der Waals surface area (Å²) in [6.07, 6.45) is 3.79. The van der Waals surface area contributed by atoms with E-state index in [0.29, 0.717) is 18.7 Å². The third-order valence-electron chi connectivity index (χ3n) is 4.20. The zero-order valence-corrected chi connectivity index (χ0v) is 14.7. The van der Waals surface area contributed by atoms with Crippen LogP contribution < -0.4 is 5.32 Å². The number of benzene rings is 1. The van der Waals surface area contributed by atoms with Gasteiger partial charge in [-0.2, -0.15) is 9.52 Å². The molecule has 134 valence electrons. The number of nitrogens with zero attached hydrogens (tertiary/aromatic N) is 4. The second kappa shape index (κ2) is 7.28. The number of tetrazole rings is 1. The van der Waals surface area contributed by atoms with Crippen LogP contribution in [0.3, 0.4) is 0 Å². The summed E-state index contributed by atoms with van der Waals surface area (Å²) in [5.74, 6) is -0.462. The summed E-state index contributed by atoms with van der Waals surface area (Å²) in [4.78, 5) is 12.5. The number of rotatable bonds is 4. The Labute approximate surface area is 145 Å². The smallest absolute Gasteiger partial charge is 0.270 e. The van der Waals surface area contributed by atoms with E-state index in [-0.39, 0.29) is 16.4 Å². The molecule has 0 spiro atoms. The Balaban J connectivity index is 1.89. The van der Waals surface area contributed by atoms with Gasteiger partial charge in [-0.05, 0) is 42.7 Å². The van der Waals surface area contributed by atoms with Gasteiger partial charge in [0.15, 0.2) is 0 Å². The van der Waals surface area contributed by atoms with E-state index >= 15 is 0 Å². The quantitative estimate of drug-likeness (QED) is 0.844. The molecule has 0 aliphatic carbocycles. The minimum Gasteiger partial charge on any atom is -0.288 e. The van der Waals surface area contributed by atoms with Crippen molar-refractivity contribution < 1.29 is 13.2 Å². The third-order valence-corrected chi connectivity index (χ3v) is 6.24. The monoisotopic (exact) mass is 364 g/mol. The number of hydrogen-bond donors (Lipinski definition) is 2. The fourth-order valence-electron chi connectivity index (χ4n) is 2.83. The lowest BCUT2D eigenvalue weighted by Gasteiger charge is -2.21. The summed E-state index contributed by atoms with van der Waals surface area (Å²) < 4.78 is 27.5. The lowest BCUT2D eigenvalue weighted by Crippen LogP contribution is -2.32. The van der Waals surface area contributed by atoms with Gasteiger partial charge < -0.3 is 0 Å². The number of H-pyrrole nitrogens is 1. The molecule has 3 rings (SSSR count). The van der Waals surface area contributed by atoms with Crippen LogP contribution in [0, 0.1) is 6.92 Å². The predicted octanol–water partition coefficient (Wildman–Crippen LogP) is 1.33. The van der Waals surface area contributed by atoms with Crippen molar-refractivity contribution in [1.82, 2.24) is 24.9 Å². The molecule has 25 heavy (non-hydrogen) atoms. The summed E-state index contributed by atoms with van der Waals surface area (Å²) in [5, 5.41) is 15.3. The van der Waals surface area contributed by atoms with Crippen molar-refractivity contribution in [3.05, 3.63) is 29.3 Å². The number of hydrogen-bond acceptors (Lipinski definition) is 6. The van der Waals surface area contributed by atoms with E-state index in [4.69, 9.17) is 0 Å². The van der Waals surface area contributed by atoms with Crippen molar-refractivity contribution >= 4 is 21.9 Å². The normalized spacial score (nSPS) is 16.4. The maximum absolute atomic E-state index is 13.0. The molecular formula is C15H20N6O3S. The van der Waals surface area contributed by atoms with Crippen LogP contribution in [0.25, 0.3) is 0 Å². The summed E-state index contributed by atoms with van der Waals surface area (Å²) in [5.41, 5.74) is 0.837. The summed E-state index contributed by atoms with van der Waals surface area (Å²) in [7, 11) is -3.63. The lowest BCUT2D eigenvalue weighted by atomic mass is 10.1. The number of aryl methyl sites for hydroxylation is 1. The van der Waals surface area contributed by atoms with Crippen LogP contribution in [0.5, 0.6) is 0 Å². The van der Waals surface area contributed by atoms with Crippen LogP contribution >= 0.6 is 0 Å². The Morgan fingerprint density at radius 1 is 1.20 bits per heavy atom. The Hall–Kier alpha value is -2.33. The van der Waals surface area contributed by atoms with Crippen LogP contribution in [0.1, 0.15) is 41.6 Å². The number of amides is 1. The fraction of sp³-hybridized carbons (Fsp3) is 0.467. The SMILES string of the molecule is Cc1ccc(C(=O)Nc2nn[nH]n2)cc1S(=O)(=O)N1CCCCCC1. The number of aromatic nitrogens is 4. The van der Waals surface area contributed by atoms with Crippen LogP contribution in [0.4, 0.5) is 5.95 Å². The highest BCUT2D eigenvalue weighted by Gasteiger charge is 2.27. The highest BCUT2D eigenvalue weighted by atomic mass is 32.2. The number of anilines is 1. The largest absolute Gasteiger partial charge is 0.288 e. The van der Waals surface area contributed by atoms with E-state index in [1.54, 1.807) is 19.1 Å². The number of aromatic amines is 1. The van der Waals surface area contributed by atoms with Crippen LogP contribution in [0.2, 0.25) is 0 Å². The molecule has 1 aliphatic heterocycles. The zero-order valence-electron chi connectivity index (χ0n) is 13.9. The van der Waals surface area contributed by atoms with Crippen molar-refractivity contribution in [2.45, 2.75) is 37.5 Å². The average Bonchev–Trinajstić information content (AvgIpc) is 2.93. The molecular weight excluding hydrogens is 344 g/mol. The molecule has 0 radical (unpaired) electrons. The molecule has 1 saturated heterocycles. The summed E-state index contributed by atoms with van der Waals surface area (Å²) in [6, 6.07) is 4.62. The highest BCUT2D eigenvalue weighted by Crippen LogP contribution is 2.24. The second-order valence-electron chi connectivity index (χ2n) is 5.99. The molecule has 2 aromatic rings. The Bertz CT molecular complexity index is 842. The standard InChI is InChI=1S/C15H20N6O3S/c1-11-6-7-12(14(22)16-15-17-19-20-18-15)10-13(11)25(23,24)21-8-4-2-3-5-9-21/h6-7,10H,2-5,8-9H2,1H3,(H2,16,17,18,19,20,22). The van der Waals surface area contributed by atoms with Gasteiger partial charge in [-0.15, -0.1) is 5.10 Å². The predicted molar refractivity (Wildman–Crippen MR) is 90.5 cm³/mol. The van der Waals surface area contributed by atoms with E-state index in [1.165, 1.54) is 10.4 Å².